The van der Waals surface area contributed by atoms with E-state index in [-0.39, 0.29) is 29.8 Å². The van der Waals surface area contributed by atoms with Gasteiger partial charge in [0.25, 0.3) is 5.91 Å². The van der Waals surface area contributed by atoms with Gasteiger partial charge in [0.2, 0.25) is 5.91 Å². The van der Waals surface area contributed by atoms with Gasteiger partial charge in [-0.3, -0.25) is 9.59 Å². The van der Waals surface area contributed by atoms with Gasteiger partial charge in [-0.15, -0.1) is 11.8 Å². The number of rotatable bonds is 7. The third-order valence-electron chi connectivity index (χ3n) is 5.16. The molecule has 0 bridgehead atoms. The van der Waals surface area contributed by atoms with Crippen LogP contribution in [0, 0.1) is 6.92 Å². The van der Waals surface area contributed by atoms with Crippen molar-refractivity contribution in [3.63, 3.8) is 0 Å². The first-order valence-corrected chi connectivity index (χ1v) is 11.9. The van der Waals surface area contributed by atoms with Crippen LogP contribution in [0.15, 0.2) is 53.4 Å². The minimum absolute atomic E-state index is 0.0659. The molecule has 7 nitrogen and oxygen atoms in total. The summed E-state index contributed by atoms with van der Waals surface area (Å²) in [7, 11) is 0. The zero-order chi connectivity index (χ0) is 24.0. The molecule has 1 fully saturated rings. The number of carbonyl (C=O) groups is 3. The normalized spacial score (nSPS) is 19.0. The number of aryl methyl sites for hydroxylation is 1. The van der Waals surface area contributed by atoms with Crippen molar-refractivity contribution in [3.8, 4) is 0 Å². The molecular formula is C25H30N2O5S. The maximum atomic E-state index is 12.8. The van der Waals surface area contributed by atoms with Crippen molar-refractivity contribution in [2.75, 3.05) is 24.2 Å². The Balaban J connectivity index is 1.58. The molecule has 0 radical (unpaired) electrons. The van der Waals surface area contributed by atoms with Crippen LogP contribution in [0.3, 0.4) is 0 Å². The van der Waals surface area contributed by atoms with Crippen molar-refractivity contribution < 1.29 is 23.9 Å². The molecule has 176 valence electrons. The Morgan fingerprint density at radius 2 is 1.73 bits per heavy atom. The molecule has 3 atom stereocenters. The molecule has 3 rings (SSSR count). The van der Waals surface area contributed by atoms with E-state index in [0.717, 1.165) is 11.3 Å². The fourth-order valence-electron chi connectivity index (χ4n) is 3.63. The van der Waals surface area contributed by atoms with Crippen molar-refractivity contribution in [3.05, 3.63) is 59.7 Å². The number of anilines is 1. The summed E-state index contributed by atoms with van der Waals surface area (Å²) in [6.07, 6.45) is -1.05. The van der Waals surface area contributed by atoms with Gasteiger partial charge >= 0.3 is 5.97 Å². The van der Waals surface area contributed by atoms with Crippen LogP contribution in [0.2, 0.25) is 0 Å². The molecule has 0 aromatic heterocycles. The molecular weight excluding hydrogens is 440 g/mol. The first kappa shape index (κ1) is 24.8. The lowest BCUT2D eigenvalue weighted by atomic mass is 10.2. The largest absolute Gasteiger partial charge is 0.449 e. The second-order valence-corrected chi connectivity index (χ2v) is 9.26. The lowest BCUT2D eigenvalue weighted by Gasteiger charge is -2.36. The lowest BCUT2D eigenvalue weighted by Crippen LogP contribution is -2.51. The highest BCUT2D eigenvalue weighted by Gasteiger charge is 2.31. The second kappa shape index (κ2) is 11.3. The number of hydrogen-bond donors (Lipinski definition) is 1. The summed E-state index contributed by atoms with van der Waals surface area (Å²) in [4.78, 5) is 40.2. The Hall–Kier alpha value is -2.84. The predicted molar refractivity (Wildman–Crippen MR) is 128 cm³/mol. The van der Waals surface area contributed by atoms with Gasteiger partial charge in [0, 0.05) is 23.7 Å². The summed E-state index contributed by atoms with van der Waals surface area (Å²) < 4.78 is 11.2. The molecule has 0 saturated carbocycles. The number of amides is 2. The third-order valence-corrected chi connectivity index (χ3v) is 6.24. The minimum Gasteiger partial charge on any atom is -0.449 e. The summed E-state index contributed by atoms with van der Waals surface area (Å²) in [5.41, 5.74) is 2.16. The molecule has 33 heavy (non-hydrogen) atoms. The Kier molecular flexibility index (Phi) is 8.52. The fraction of sp³-hybridized carbons (Fsp3) is 0.400. The first-order chi connectivity index (χ1) is 15.7. The van der Waals surface area contributed by atoms with Crippen LogP contribution >= 0.6 is 11.8 Å². The molecule has 1 aliphatic rings. The number of morpholine rings is 1. The monoisotopic (exact) mass is 470 g/mol. The highest BCUT2D eigenvalue weighted by Crippen LogP contribution is 2.24. The van der Waals surface area contributed by atoms with E-state index in [1.54, 1.807) is 36.1 Å². The molecule has 1 heterocycles. The van der Waals surface area contributed by atoms with Crippen molar-refractivity contribution >= 4 is 35.2 Å². The highest BCUT2D eigenvalue weighted by atomic mass is 32.2. The van der Waals surface area contributed by atoms with E-state index in [1.165, 1.54) is 11.8 Å². The number of esters is 1. The zero-order valence-corrected chi connectivity index (χ0v) is 20.2. The van der Waals surface area contributed by atoms with Crippen molar-refractivity contribution in [2.45, 2.75) is 50.9 Å². The molecule has 3 unspecified atom stereocenters. The van der Waals surface area contributed by atoms with Crippen molar-refractivity contribution in [2.24, 2.45) is 0 Å². The second-order valence-electron chi connectivity index (χ2n) is 8.25. The maximum absolute atomic E-state index is 12.8. The van der Waals surface area contributed by atoms with E-state index in [4.69, 9.17) is 9.47 Å². The Labute approximate surface area is 198 Å². The number of nitrogens with zero attached hydrogens (tertiary/aromatic N) is 1. The highest BCUT2D eigenvalue weighted by molar-refractivity contribution is 8.00. The Morgan fingerprint density at radius 1 is 1.09 bits per heavy atom. The average Bonchev–Trinajstić information content (AvgIpc) is 2.78. The SMILES string of the molecule is Cc1ccc(NC(=O)CSc2ccccc2C(=O)OC(C)C(=O)N2CC(C)OC(C)C2)cc1. The van der Waals surface area contributed by atoms with Crippen LogP contribution in [0.25, 0.3) is 0 Å². The smallest absolute Gasteiger partial charge is 0.340 e. The van der Waals surface area contributed by atoms with Gasteiger partial charge < -0.3 is 19.7 Å². The molecule has 2 amide bonds. The number of thioether (sulfide) groups is 1. The lowest BCUT2D eigenvalue weighted by molar-refractivity contribution is -0.151. The quantitative estimate of drug-likeness (QED) is 0.488. The van der Waals surface area contributed by atoms with E-state index in [9.17, 15) is 14.4 Å². The summed E-state index contributed by atoms with van der Waals surface area (Å²) in [6.45, 7) is 8.31. The Bertz CT molecular complexity index is 985. The number of nitrogens with one attached hydrogen (secondary N) is 1. The van der Waals surface area contributed by atoms with Gasteiger partial charge in [-0.05, 0) is 52.0 Å². The number of ether oxygens (including phenoxy) is 2. The number of carbonyl (C=O) groups excluding carboxylic acids is 3. The van der Waals surface area contributed by atoms with E-state index < -0.39 is 12.1 Å². The summed E-state index contributed by atoms with van der Waals surface area (Å²) in [5, 5.41) is 2.84. The molecule has 8 heteroatoms. The van der Waals surface area contributed by atoms with E-state index >= 15 is 0 Å². The molecule has 0 spiro atoms. The molecule has 1 N–H and O–H groups in total. The third kappa shape index (κ3) is 7.07. The van der Waals surface area contributed by atoms with Crippen LogP contribution in [0.1, 0.15) is 36.7 Å². The zero-order valence-electron chi connectivity index (χ0n) is 19.4. The predicted octanol–water partition coefficient (Wildman–Crippen LogP) is 3.91. The van der Waals surface area contributed by atoms with Crippen LogP contribution in [-0.2, 0) is 19.1 Å². The molecule has 2 aromatic rings. The molecule has 1 aliphatic heterocycles. The first-order valence-electron chi connectivity index (χ1n) is 11.0. The van der Waals surface area contributed by atoms with Crippen LogP contribution in [0.5, 0.6) is 0 Å². The average molecular weight is 471 g/mol. The summed E-state index contributed by atoms with van der Waals surface area (Å²) in [6, 6.07) is 14.5. The van der Waals surface area contributed by atoms with Gasteiger partial charge in [0.05, 0.1) is 23.5 Å². The number of benzene rings is 2. The van der Waals surface area contributed by atoms with Crippen LogP contribution in [0.4, 0.5) is 5.69 Å². The van der Waals surface area contributed by atoms with E-state index in [1.807, 2.05) is 45.0 Å². The molecule has 1 saturated heterocycles. The molecule has 2 aromatic carbocycles. The van der Waals surface area contributed by atoms with E-state index in [0.29, 0.717) is 23.5 Å². The fourth-order valence-corrected chi connectivity index (χ4v) is 4.47. The van der Waals surface area contributed by atoms with Gasteiger partial charge in [0.15, 0.2) is 6.10 Å². The van der Waals surface area contributed by atoms with Gasteiger partial charge in [-0.2, -0.15) is 0 Å². The summed E-state index contributed by atoms with van der Waals surface area (Å²) in [5.74, 6) is -0.873. The van der Waals surface area contributed by atoms with Crippen molar-refractivity contribution in [1.29, 1.82) is 0 Å². The summed E-state index contributed by atoms with van der Waals surface area (Å²) >= 11 is 1.25. The van der Waals surface area contributed by atoms with Gasteiger partial charge in [0.1, 0.15) is 0 Å². The van der Waals surface area contributed by atoms with E-state index in [2.05, 4.69) is 5.32 Å². The minimum atomic E-state index is -0.919. The van der Waals surface area contributed by atoms with Gasteiger partial charge in [-0.25, -0.2) is 4.79 Å². The van der Waals surface area contributed by atoms with Gasteiger partial charge in [-0.1, -0.05) is 29.8 Å². The van der Waals surface area contributed by atoms with Crippen molar-refractivity contribution in [1.82, 2.24) is 4.90 Å². The van der Waals surface area contributed by atoms with Crippen LogP contribution < -0.4 is 5.32 Å². The Morgan fingerprint density at radius 3 is 2.39 bits per heavy atom. The maximum Gasteiger partial charge on any atom is 0.340 e. The van der Waals surface area contributed by atoms with Crippen LogP contribution in [-0.4, -0.2) is 59.8 Å². The number of hydrogen-bond acceptors (Lipinski definition) is 6. The molecule has 0 aliphatic carbocycles. The standard InChI is InChI=1S/C25H30N2O5S/c1-16-9-11-20(12-10-16)26-23(28)15-33-22-8-6-5-7-21(22)25(30)32-19(4)24(29)27-13-17(2)31-18(3)14-27/h5-12,17-19H,13-15H2,1-4H3,(H,26,28). The topological polar surface area (TPSA) is 84.9 Å².